The molecule has 0 amide bonds. The molecule has 1 fully saturated rings. The third-order valence-corrected chi connectivity index (χ3v) is 4.66. The van der Waals surface area contributed by atoms with Gasteiger partial charge >= 0.3 is 0 Å². The lowest BCUT2D eigenvalue weighted by molar-refractivity contribution is 0.0820. The summed E-state index contributed by atoms with van der Waals surface area (Å²) >= 11 is 5.12. The second kappa shape index (κ2) is 6.34. The van der Waals surface area contributed by atoms with E-state index in [4.69, 9.17) is 18.0 Å². The second-order valence-electron chi connectivity index (χ2n) is 5.93. The molecule has 0 radical (unpaired) electrons. The van der Waals surface area contributed by atoms with Crippen molar-refractivity contribution in [2.45, 2.75) is 25.9 Å². The summed E-state index contributed by atoms with van der Waals surface area (Å²) in [6, 6.07) is 4.07. The van der Waals surface area contributed by atoms with Crippen molar-refractivity contribution in [3.8, 4) is 0 Å². The lowest BCUT2D eigenvalue weighted by Gasteiger charge is -2.43. The zero-order chi connectivity index (χ0) is 15.6. The molecule has 0 unspecified atom stereocenters. The lowest BCUT2D eigenvalue weighted by Crippen LogP contribution is -2.59. The Balaban J connectivity index is 1.92. The summed E-state index contributed by atoms with van der Waals surface area (Å²) in [6.45, 7) is 8.09. The third-order valence-electron chi connectivity index (χ3n) is 4.16. The number of nitrogens with two attached hydrogens (primary N) is 1. The third kappa shape index (κ3) is 3.75. The van der Waals surface area contributed by atoms with Gasteiger partial charge in [-0.15, -0.1) is 0 Å². The van der Waals surface area contributed by atoms with Crippen LogP contribution in [0.25, 0.3) is 0 Å². The molecular formula is C15H21F2N3S. The van der Waals surface area contributed by atoms with E-state index < -0.39 is 11.6 Å². The van der Waals surface area contributed by atoms with E-state index >= 15 is 0 Å². The number of piperazine rings is 1. The largest absolute Gasteiger partial charge is 0.392 e. The molecule has 1 aliphatic rings. The maximum atomic E-state index is 13.2. The Bertz CT molecular complexity index is 526. The first-order valence-electron chi connectivity index (χ1n) is 7.02. The molecule has 6 heteroatoms. The number of rotatable bonds is 4. The molecule has 1 aliphatic heterocycles. The lowest BCUT2D eigenvalue weighted by atomic mass is 10.0. The van der Waals surface area contributed by atoms with Crippen LogP contribution in [0, 0.1) is 11.6 Å². The summed E-state index contributed by atoms with van der Waals surface area (Å²) < 4.78 is 26.1. The summed E-state index contributed by atoms with van der Waals surface area (Å²) in [4.78, 5) is 4.98. The Morgan fingerprint density at radius 3 is 2.33 bits per heavy atom. The van der Waals surface area contributed by atoms with Gasteiger partial charge in [-0.1, -0.05) is 18.3 Å². The quantitative estimate of drug-likeness (QED) is 0.864. The van der Waals surface area contributed by atoms with E-state index in [2.05, 4.69) is 9.80 Å². The van der Waals surface area contributed by atoms with E-state index in [1.54, 1.807) is 6.07 Å². The van der Waals surface area contributed by atoms with Crippen molar-refractivity contribution >= 4 is 17.2 Å². The van der Waals surface area contributed by atoms with Gasteiger partial charge in [-0.2, -0.15) is 0 Å². The molecule has 0 aliphatic carbocycles. The van der Waals surface area contributed by atoms with Crippen molar-refractivity contribution in [3.63, 3.8) is 0 Å². The van der Waals surface area contributed by atoms with Crippen molar-refractivity contribution < 1.29 is 8.78 Å². The average Bonchev–Trinajstić information content (AvgIpc) is 2.43. The minimum atomic E-state index is -0.804. The number of hydrogen-bond donors (Lipinski definition) is 1. The summed E-state index contributed by atoms with van der Waals surface area (Å²) in [5, 5.41) is 0. The van der Waals surface area contributed by atoms with Crippen LogP contribution >= 0.6 is 12.2 Å². The van der Waals surface area contributed by atoms with E-state index in [1.807, 2.05) is 13.8 Å². The Hall–Kier alpha value is -1.11. The maximum absolute atomic E-state index is 13.2. The molecule has 1 aromatic carbocycles. The first-order valence-corrected chi connectivity index (χ1v) is 7.43. The SMILES string of the molecule is CC(C)(C(N)=S)N1CCN(Cc2ccc(F)c(F)c2)CC1. The van der Waals surface area contributed by atoms with E-state index in [1.165, 1.54) is 12.1 Å². The molecule has 2 rings (SSSR count). The highest BCUT2D eigenvalue weighted by Gasteiger charge is 2.32. The number of benzene rings is 1. The Labute approximate surface area is 129 Å². The van der Waals surface area contributed by atoms with Gasteiger partial charge < -0.3 is 5.73 Å². The van der Waals surface area contributed by atoms with Gasteiger partial charge in [0.1, 0.15) is 0 Å². The molecule has 1 saturated heterocycles. The predicted molar refractivity (Wildman–Crippen MR) is 84.1 cm³/mol. The Morgan fingerprint density at radius 2 is 1.81 bits per heavy atom. The Kier molecular flexibility index (Phi) is 4.91. The summed E-state index contributed by atoms with van der Waals surface area (Å²) in [5.74, 6) is -1.59. The van der Waals surface area contributed by atoms with Crippen LogP contribution in [0.4, 0.5) is 8.78 Å². The minimum Gasteiger partial charge on any atom is -0.392 e. The van der Waals surface area contributed by atoms with Gasteiger partial charge in [0.25, 0.3) is 0 Å². The van der Waals surface area contributed by atoms with Crippen LogP contribution in [0.15, 0.2) is 18.2 Å². The van der Waals surface area contributed by atoms with Crippen molar-refractivity contribution in [1.82, 2.24) is 9.80 Å². The molecule has 116 valence electrons. The molecular weight excluding hydrogens is 292 g/mol. The van der Waals surface area contributed by atoms with Crippen LogP contribution in [-0.4, -0.2) is 46.5 Å². The van der Waals surface area contributed by atoms with Gasteiger partial charge in [0.2, 0.25) is 0 Å². The molecule has 0 atom stereocenters. The Morgan fingerprint density at radius 1 is 1.19 bits per heavy atom. The molecule has 1 heterocycles. The molecule has 0 bridgehead atoms. The fraction of sp³-hybridized carbons (Fsp3) is 0.533. The first-order chi connectivity index (χ1) is 9.80. The number of nitrogens with zero attached hydrogens (tertiary/aromatic N) is 2. The van der Waals surface area contributed by atoms with E-state index in [0.717, 1.165) is 31.7 Å². The number of halogens is 2. The monoisotopic (exact) mass is 313 g/mol. The topological polar surface area (TPSA) is 32.5 Å². The zero-order valence-electron chi connectivity index (χ0n) is 12.4. The molecule has 2 N–H and O–H groups in total. The fourth-order valence-electron chi connectivity index (χ4n) is 2.52. The second-order valence-corrected chi connectivity index (χ2v) is 6.37. The van der Waals surface area contributed by atoms with Gasteiger partial charge in [-0.25, -0.2) is 8.78 Å². The van der Waals surface area contributed by atoms with Crippen LogP contribution in [0.5, 0.6) is 0 Å². The number of hydrogen-bond acceptors (Lipinski definition) is 3. The van der Waals surface area contributed by atoms with Gasteiger partial charge in [0.15, 0.2) is 11.6 Å². The normalized spacial score (nSPS) is 17.9. The molecule has 1 aromatic rings. The first kappa shape index (κ1) is 16.3. The van der Waals surface area contributed by atoms with Gasteiger partial charge in [0.05, 0.1) is 10.5 Å². The fourth-order valence-corrected chi connectivity index (χ4v) is 2.65. The molecule has 21 heavy (non-hydrogen) atoms. The average molecular weight is 313 g/mol. The number of thiocarbonyl (C=S) groups is 1. The van der Waals surface area contributed by atoms with Gasteiger partial charge in [-0.3, -0.25) is 9.80 Å². The van der Waals surface area contributed by atoms with Crippen molar-refractivity contribution in [2.75, 3.05) is 26.2 Å². The van der Waals surface area contributed by atoms with E-state index in [9.17, 15) is 8.78 Å². The highest BCUT2D eigenvalue weighted by atomic mass is 32.1. The predicted octanol–water partition coefficient (Wildman–Crippen LogP) is 2.15. The highest BCUT2D eigenvalue weighted by molar-refractivity contribution is 7.80. The van der Waals surface area contributed by atoms with Gasteiger partial charge in [0, 0.05) is 32.7 Å². The van der Waals surface area contributed by atoms with Gasteiger partial charge in [-0.05, 0) is 31.5 Å². The highest BCUT2D eigenvalue weighted by Crippen LogP contribution is 2.19. The van der Waals surface area contributed by atoms with Crippen LogP contribution in [0.1, 0.15) is 19.4 Å². The van der Waals surface area contributed by atoms with E-state index in [0.29, 0.717) is 11.5 Å². The van der Waals surface area contributed by atoms with Crippen LogP contribution in [-0.2, 0) is 6.54 Å². The summed E-state index contributed by atoms with van der Waals surface area (Å²) in [7, 11) is 0. The van der Waals surface area contributed by atoms with E-state index in [-0.39, 0.29) is 5.54 Å². The molecule has 0 saturated carbocycles. The van der Waals surface area contributed by atoms with Crippen molar-refractivity contribution in [3.05, 3.63) is 35.4 Å². The minimum absolute atomic E-state index is 0.288. The summed E-state index contributed by atoms with van der Waals surface area (Å²) in [5.41, 5.74) is 6.29. The standard InChI is InChI=1S/C15H21F2N3S/c1-15(2,14(18)21)20-7-5-19(6-8-20)10-11-3-4-12(16)13(17)9-11/h3-4,9H,5-8,10H2,1-2H3,(H2,18,21). The smallest absolute Gasteiger partial charge is 0.159 e. The zero-order valence-corrected chi connectivity index (χ0v) is 13.2. The maximum Gasteiger partial charge on any atom is 0.159 e. The van der Waals surface area contributed by atoms with Crippen LogP contribution in [0.2, 0.25) is 0 Å². The molecule has 0 spiro atoms. The molecule has 0 aromatic heterocycles. The molecule has 3 nitrogen and oxygen atoms in total. The van der Waals surface area contributed by atoms with Crippen molar-refractivity contribution in [2.24, 2.45) is 5.73 Å². The van der Waals surface area contributed by atoms with Crippen LogP contribution in [0.3, 0.4) is 0 Å². The summed E-state index contributed by atoms with van der Waals surface area (Å²) in [6.07, 6.45) is 0. The van der Waals surface area contributed by atoms with Crippen molar-refractivity contribution in [1.29, 1.82) is 0 Å². The van der Waals surface area contributed by atoms with Crippen LogP contribution < -0.4 is 5.73 Å².